The van der Waals surface area contributed by atoms with E-state index in [0.29, 0.717) is 41.7 Å². The van der Waals surface area contributed by atoms with E-state index < -0.39 is 24.5 Å². The van der Waals surface area contributed by atoms with Gasteiger partial charge in [-0.1, -0.05) is 0 Å². The Morgan fingerprint density at radius 3 is 2.89 bits per heavy atom. The molecule has 0 saturated carbocycles. The second kappa shape index (κ2) is 8.05. The third kappa shape index (κ3) is 4.53. The van der Waals surface area contributed by atoms with Crippen LogP contribution in [0.2, 0.25) is 0 Å². The molecule has 1 aliphatic rings. The zero-order chi connectivity index (χ0) is 20.3. The van der Waals surface area contributed by atoms with Gasteiger partial charge in [-0.15, -0.1) is 0 Å². The fourth-order valence-electron chi connectivity index (χ4n) is 3.22. The van der Waals surface area contributed by atoms with Crippen molar-refractivity contribution in [3.63, 3.8) is 0 Å². The number of carbonyl (C=O) groups is 2. The highest BCUT2D eigenvalue weighted by Gasteiger charge is 2.32. The number of alkyl halides is 3. The molecule has 3 rings (SSSR count). The van der Waals surface area contributed by atoms with E-state index in [0.717, 1.165) is 0 Å². The summed E-state index contributed by atoms with van der Waals surface area (Å²) in [6.45, 7) is -0.527. The van der Waals surface area contributed by atoms with Crippen LogP contribution in [0.25, 0.3) is 11.0 Å². The van der Waals surface area contributed by atoms with Gasteiger partial charge in [-0.3, -0.25) is 9.59 Å². The number of fused-ring (bicyclic) bond motifs is 1. The quantitative estimate of drug-likeness (QED) is 0.613. The van der Waals surface area contributed by atoms with Crippen LogP contribution >= 0.6 is 0 Å². The summed E-state index contributed by atoms with van der Waals surface area (Å²) in [6.07, 6.45) is -0.174. The Balaban J connectivity index is 1.75. The van der Waals surface area contributed by atoms with E-state index in [1.807, 2.05) is 5.32 Å². The average Bonchev–Trinajstić information content (AvgIpc) is 3.14. The predicted octanol–water partition coefficient (Wildman–Crippen LogP) is 1.64. The molecule has 0 unspecified atom stereocenters. The van der Waals surface area contributed by atoms with Gasteiger partial charge in [0, 0.05) is 37.9 Å². The summed E-state index contributed by atoms with van der Waals surface area (Å²) in [4.78, 5) is 31.5. The number of nitrogens with one attached hydrogen (secondary N) is 4. The van der Waals surface area contributed by atoms with Gasteiger partial charge in [0.1, 0.15) is 12.2 Å². The second-order valence-corrected chi connectivity index (χ2v) is 6.60. The summed E-state index contributed by atoms with van der Waals surface area (Å²) in [5, 5.41) is 6.94. The first-order chi connectivity index (χ1) is 13.3. The highest BCUT2D eigenvalue weighted by Crippen LogP contribution is 2.27. The first-order valence-electron chi connectivity index (χ1n) is 8.82. The third-order valence-corrected chi connectivity index (χ3v) is 4.58. The van der Waals surface area contributed by atoms with Gasteiger partial charge in [0.05, 0.1) is 17.2 Å². The number of piperidine rings is 1. The van der Waals surface area contributed by atoms with Crippen LogP contribution in [0, 0.1) is 5.92 Å². The number of aromatic nitrogens is 2. The third-order valence-electron chi connectivity index (χ3n) is 4.58. The number of rotatable bonds is 5. The lowest BCUT2D eigenvalue weighted by molar-refractivity contribution is -0.141. The number of anilines is 1. The van der Waals surface area contributed by atoms with Crippen molar-refractivity contribution in [3.8, 4) is 0 Å². The molecule has 1 atom stereocenters. The number of carbonyl (C=O) groups excluding carboxylic acids is 2. The Morgan fingerprint density at radius 1 is 1.39 bits per heavy atom. The summed E-state index contributed by atoms with van der Waals surface area (Å²) in [5.74, 6) is -1.53. The van der Waals surface area contributed by atoms with Crippen molar-refractivity contribution in [2.45, 2.75) is 19.0 Å². The number of halogens is 3. The number of pyridine rings is 1. The lowest BCUT2D eigenvalue weighted by Gasteiger charge is -2.33. The first-order valence-corrected chi connectivity index (χ1v) is 8.82. The molecule has 1 fully saturated rings. The maximum absolute atomic E-state index is 12.3. The number of hydrogen-bond donors (Lipinski definition) is 4. The Hall–Kier alpha value is -2.82. The zero-order valence-corrected chi connectivity index (χ0v) is 15.2. The summed E-state index contributed by atoms with van der Waals surface area (Å²) in [6, 6.07) is 1.77. The van der Waals surface area contributed by atoms with Crippen LogP contribution in [0.1, 0.15) is 23.2 Å². The van der Waals surface area contributed by atoms with Crippen molar-refractivity contribution in [2.24, 2.45) is 5.92 Å². The summed E-state index contributed by atoms with van der Waals surface area (Å²) >= 11 is 0. The van der Waals surface area contributed by atoms with E-state index in [1.54, 1.807) is 17.3 Å². The SMILES string of the molecule is CNC(=O)c1cnc2[nH]ccc2c1NN1CCC[C@H](C(=O)NCC(F)(F)F)C1. The van der Waals surface area contributed by atoms with Crippen LogP contribution in [-0.2, 0) is 4.79 Å². The smallest absolute Gasteiger partial charge is 0.355 e. The largest absolute Gasteiger partial charge is 0.405 e. The molecular weight excluding hydrogens is 377 g/mol. The lowest BCUT2D eigenvalue weighted by Crippen LogP contribution is -2.47. The minimum atomic E-state index is -4.44. The Labute approximate surface area is 158 Å². The summed E-state index contributed by atoms with van der Waals surface area (Å²) in [7, 11) is 1.51. The minimum Gasteiger partial charge on any atom is -0.355 e. The highest BCUT2D eigenvalue weighted by molar-refractivity contribution is 6.06. The van der Waals surface area contributed by atoms with Crippen LogP contribution in [0.3, 0.4) is 0 Å². The number of hydrogen-bond acceptors (Lipinski definition) is 5. The fourth-order valence-corrected chi connectivity index (χ4v) is 3.22. The normalized spacial score (nSPS) is 18.1. The van der Waals surface area contributed by atoms with E-state index >= 15 is 0 Å². The summed E-state index contributed by atoms with van der Waals surface area (Å²) < 4.78 is 37.0. The number of aromatic amines is 1. The van der Waals surface area contributed by atoms with Gasteiger partial charge < -0.3 is 21.0 Å². The zero-order valence-electron chi connectivity index (χ0n) is 15.2. The van der Waals surface area contributed by atoms with Crippen molar-refractivity contribution in [3.05, 3.63) is 24.0 Å². The summed E-state index contributed by atoms with van der Waals surface area (Å²) in [5.41, 5.74) is 4.61. The molecular formula is C17H21F3N6O2. The van der Waals surface area contributed by atoms with Gasteiger partial charge in [0.15, 0.2) is 0 Å². The van der Waals surface area contributed by atoms with Crippen molar-refractivity contribution >= 4 is 28.5 Å². The Kier molecular flexibility index (Phi) is 5.73. The number of nitrogens with zero attached hydrogens (tertiary/aromatic N) is 2. The molecule has 0 radical (unpaired) electrons. The minimum absolute atomic E-state index is 0.227. The first kappa shape index (κ1) is 19.9. The van der Waals surface area contributed by atoms with Gasteiger partial charge in [0.25, 0.3) is 5.91 Å². The van der Waals surface area contributed by atoms with Gasteiger partial charge in [0.2, 0.25) is 5.91 Å². The van der Waals surface area contributed by atoms with Gasteiger partial charge in [-0.25, -0.2) is 9.99 Å². The van der Waals surface area contributed by atoms with Crippen LogP contribution in [0.4, 0.5) is 18.9 Å². The Morgan fingerprint density at radius 2 is 2.18 bits per heavy atom. The van der Waals surface area contributed by atoms with Crippen molar-refractivity contribution < 1.29 is 22.8 Å². The number of H-pyrrole nitrogens is 1. The predicted molar refractivity (Wildman–Crippen MR) is 96.5 cm³/mol. The van der Waals surface area contributed by atoms with Crippen LogP contribution < -0.4 is 16.1 Å². The lowest BCUT2D eigenvalue weighted by atomic mass is 9.98. The van der Waals surface area contributed by atoms with Crippen molar-refractivity contribution in [1.82, 2.24) is 25.6 Å². The monoisotopic (exact) mass is 398 g/mol. The molecule has 1 aliphatic heterocycles. The standard InChI is InChI=1S/C17H21F3N6O2/c1-21-16(28)12-7-23-14-11(4-5-22-14)13(12)25-26-6-2-3-10(8-26)15(27)24-9-17(18,19)20/h4-5,7,10H,2-3,6,8-9H2,1H3,(H,21,28)(H,24,27)(H2,22,23,25)/t10-/m0/s1. The fraction of sp³-hybridized carbons (Fsp3) is 0.471. The topological polar surface area (TPSA) is 102 Å². The van der Waals surface area contributed by atoms with E-state index in [9.17, 15) is 22.8 Å². The molecule has 2 aromatic heterocycles. The number of amides is 2. The van der Waals surface area contributed by atoms with Crippen molar-refractivity contribution in [2.75, 3.05) is 32.1 Å². The molecule has 0 aliphatic carbocycles. The molecule has 1 saturated heterocycles. The van der Waals surface area contributed by atoms with E-state index in [-0.39, 0.29) is 12.5 Å². The average molecular weight is 398 g/mol. The van der Waals surface area contributed by atoms with E-state index in [2.05, 4.69) is 20.7 Å². The van der Waals surface area contributed by atoms with E-state index in [4.69, 9.17) is 0 Å². The molecule has 0 bridgehead atoms. The molecule has 0 aromatic carbocycles. The molecule has 28 heavy (non-hydrogen) atoms. The molecule has 4 N–H and O–H groups in total. The van der Waals surface area contributed by atoms with Crippen molar-refractivity contribution in [1.29, 1.82) is 0 Å². The molecule has 11 heteroatoms. The molecule has 2 aromatic rings. The van der Waals surface area contributed by atoms with Crippen LogP contribution in [-0.4, -0.2) is 59.6 Å². The molecule has 2 amide bonds. The molecule has 8 nitrogen and oxygen atoms in total. The highest BCUT2D eigenvalue weighted by atomic mass is 19.4. The Bertz CT molecular complexity index is 866. The van der Waals surface area contributed by atoms with Crippen LogP contribution in [0.5, 0.6) is 0 Å². The molecule has 152 valence electrons. The molecule has 3 heterocycles. The number of hydrazine groups is 1. The van der Waals surface area contributed by atoms with Gasteiger partial charge in [-0.2, -0.15) is 13.2 Å². The van der Waals surface area contributed by atoms with Gasteiger partial charge >= 0.3 is 6.18 Å². The maximum atomic E-state index is 12.3. The van der Waals surface area contributed by atoms with Gasteiger partial charge in [-0.05, 0) is 18.9 Å². The van der Waals surface area contributed by atoms with Crippen LogP contribution in [0.15, 0.2) is 18.5 Å². The van der Waals surface area contributed by atoms with E-state index in [1.165, 1.54) is 13.2 Å². The maximum Gasteiger partial charge on any atom is 0.405 e. The second-order valence-electron chi connectivity index (χ2n) is 6.60. The molecule has 0 spiro atoms.